The molecular formula is C27H26BrN3O4. The molecule has 0 spiro atoms. The number of halogens is 1. The first-order chi connectivity index (χ1) is 17.0. The summed E-state index contributed by atoms with van der Waals surface area (Å²) in [5.74, 6) is -1.10. The summed E-state index contributed by atoms with van der Waals surface area (Å²) in [6.45, 7) is 1.16. The Hall–Kier alpha value is -3.65. The van der Waals surface area contributed by atoms with E-state index in [0.29, 0.717) is 41.9 Å². The van der Waals surface area contributed by atoms with Gasteiger partial charge in [-0.1, -0.05) is 76.6 Å². The average molecular weight is 536 g/mol. The molecule has 180 valence electrons. The molecule has 35 heavy (non-hydrogen) atoms. The molecule has 1 unspecified atom stereocenters. The topological polar surface area (TPSA) is 87.7 Å². The van der Waals surface area contributed by atoms with Gasteiger partial charge in [0.2, 0.25) is 11.8 Å². The van der Waals surface area contributed by atoms with Crippen LogP contribution in [-0.4, -0.2) is 35.8 Å². The van der Waals surface area contributed by atoms with Crippen molar-refractivity contribution in [2.75, 3.05) is 13.2 Å². The fourth-order valence-electron chi connectivity index (χ4n) is 3.92. The van der Waals surface area contributed by atoms with Crippen LogP contribution in [0.1, 0.15) is 27.9 Å². The van der Waals surface area contributed by atoms with E-state index in [0.717, 1.165) is 11.1 Å². The highest BCUT2D eigenvalue weighted by molar-refractivity contribution is 9.10. The van der Waals surface area contributed by atoms with Crippen molar-refractivity contribution >= 4 is 33.7 Å². The zero-order valence-electron chi connectivity index (χ0n) is 19.1. The predicted octanol–water partition coefficient (Wildman–Crippen LogP) is 3.88. The summed E-state index contributed by atoms with van der Waals surface area (Å²) in [6.07, 6.45) is 0.809. The Morgan fingerprint density at radius 2 is 1.63 bits per heavy atom. The summed E-state index contributed by atoms with van der Waals surface area (Å²) in [5, 5.41) is 0. The van der Waals surface area contributed by atoms with Crippen molar-refractivity contribution in [3.63, 3.8) is 0 Å². The van der Waals surface area contributed by atoms with E-state index in [9.17, 15) is 14.4 Å². The highest BCUT2D eigenvalue weighted by Gasteiger charge is 2.34. The number of carbonyl (C=O) groups excluding carboxylic acids is 3. The Bertz CT molecular complexity index is 1190. The van der Waals surface area contributed by atoms with Crippen LogP contribution in [0.15, 0.2) is 83.3 Å². The molecule has 0 bridgehead atoms. The van der Waals surface area contributed by atoms with Gasteiger partial charge in [-0.05, 0) is 29.3 Å². The van der Waals surface area contributed by atoms with E-state index in [-0.39, 0.29) is 12.3 Å². The first-order valence-electron chi connectivity index (χ1n) is 11.4. The third kappa shape index (κ3) is 6.70. The number of benzene rings is 3. The molecule has 1 atom stereocenters. The summed E-state index contributed by atoms with van der Waals surface area (Å²) in [6, 6.07) is 24.7. The molecule has 0 saturated carbocycles. The van der Waals surface area contributed by atoms with Crippen LogP contribution in [0.4, 0.5) is 0 Å². The van der Waals surface area contributed by atoms with Crippen LogP contribution in [0.5, 0.6) is 5.75 Å². The van der Waals surface area contributed by atoms with Crippen LogP contribution in [0.2, 0.25) is 0 Å². The summed E-state index contributed by atoms with van der Waals surface area (Å²) >= 11 is 3.38. The van der Waals surface area contributed by atoms with Gasteiger partial charge in [0, 0.05) is 30.4 Å². The quantitative estimate of drug-likeness (QED) is 0.428. The lowest BCUT2D eigenvalue weighted by atomic mass is 10.1. The fourth-order valence-corrected chi connectivity index (χ4v) is 4.28. The zero-order valence-corrected chi connectivity index (χ0v) is 20.7. The third-order valence-corrected chi connectivity index (χ3v) is 6.27. The van der Waals surface area contributed by atoms with Gasteiger partial charge in [0.05, 0.1) is 18.1 Å². The van der Waals surface area contributed by atoms with Crippen molar-refractivity contribution < 1.29 is 19.1 Å². The van der Waals surface area contributed by atoms with Crippen molar-refractivity contribution in [3.05, 3.63) is 100 Å². The van der Waals surface area contributed by atoms with Gasteiger partial charge in [-0.2, -0.15) is 0 Å². The van der Waals surface area contributed by atoms with Crippen molar-refractivity contribution in [2.45, 2.75) is 19.4 Å². The molecule has 3 amide bonds. The summed E-state index contributed by atoms with van der Waals surface area (Å²) in [5.41, 5.74) is 7.36. The van der Waals surface area contributed by atoms with Gasteiger partial charge in [0.25, 0.3) is 5.91 Å². The Kier molecular flexibility index (Phi) is 8.15. The second kappa shape index (κ2) is 11.7. The molecule has 2 N–H and O–H groups in total. The maximum absolute atomic E-state index is 12.8. The second-order valence-corrected chi connectivity index (χ2v) is 9.24. The number of hydrogen-bond acceptors (Lipinski definition) is 4. The molecule has 4 rings (SSSR count). The summed E-state index contributed by atoms with van der Waals surface area (Å²) in [4.78, 5) is 39.5. The van der Waals surface area contributed by atoms with Gasteiger partial charge in [-0.25, -0.2) is 0 Å². The smallest absolute Gasteiger partial charge is 0.273 e. The molecule has 7 nitrogen and oxygen atoms in total. The van der Waals surface area contributed by atoms with Gasteiger partial charge in [-0.15, -0.1) is 0 Å². The van der Waals surface area contributed by atoms with Gasteiger partial charge in [0.1, 0.15) is 5.75 Å². The first kappa shape index (κ1) is 24.5. The molecule has 3 aromatic carbocycles. The highest BCUT2D eigenvalue weighted by atomic mass is 79.9. The minimum Gasteiger partial charge on any atom is -0.492 e. The third-order valence-electron chi connectivity index (χ3n) is 5.78. The van der Waals surface area contributed by atoms with E-state index in [1.807, 2.05) is 60.7 Å². The number of nitrogens with zero attached hydrogens (tertiary/aromatic N) is 1. The first-order valence-corrected chi connectivity index (χ1v) is 12.2. The molecule has 0 aromatic heterocycles. The largest absolute Gasteiger partial charge is 0.492 e. The lowest BCUT2D eigenvalue weighted by molar-refractivity contribution is -0.129. The van der Waals surface area contributed by atoms with Crippen LogP contribution in [-0.2, 0) is 22.6 Å². The standard InChI is InChI=1S/C27H26BrN3O4/c28-22-11-12-24(35-14-13-19-7-3-1-4-8-19)23(16-22)27(34)30-29-26(33)21-15-25(32)31(18-21)17-20-9-5-2-6-10-20/h1-12,16,21H,13-15,17-18H2,(H,29,33)(H,30,34). The minimum atomic E-state index is -0.532. The number of nitrogens with one attached hydrogen (secondary N) is 2. The molecule has 1 aliphatic rings. The summed E-state index contributed by atoms with van der Waals surface area (Å²) in [7, 11) is 0. The number of amides is 3. The van der Waals surface area contributed by atoms with E-state index in [4.69, 9.17) is 4.74 Å². The van der Waals surface area contributed by atoms with Gasteiger partial charge < -0.3 is 9.64 Å². The maximum Gasteiger partial charge on any atom is 0.273 e. The van der Waals surface area contributed by atoms with Crippen LogP contribution in [0.25, 0.3) is 0 Å². The number of hydrazine groups is 1. The molecular weight excluding hydrogens is 510 g/mol. The molecule has 8 heteroatoms. The summed E-state index contributed by atoms with van der Waals surface area (Å²) < 4.78 is 6.57. The van der Waals surface area contributed by atoms with E-state index < -0.39 is 17.7 Å². The van der Waals surface area contributed by atoms with Crippen molar-refractivity contribution in [3.8, 4) is 5.75 Å². The van der Waals surface area contributed by atoms with E-state index in [1.54, 1.807) is 23.1 Å². The average Bonchev–Trinajstić information content (AvgIpc) is 3.24. The molecule has 0 radical (unpaired) electrons. The van der Waals surface area contributed by atoms with E-state index >= 15 is 0 Å². The number of ether oxygens (including phenoxy) is 1. The molecule has 1 saturated heterocycles. The van der Waals surface area contributed by atoms with Crippen molar-refractivity contribution in [1.29, 1.82) is 0 Å². The maximum atomic E-state index is 12.8. The molecule has 1 aliphatic heterocycles. The second-order valence-electron chi connectivity index (χ2n) is 8.33. The van der Waals surface area contributed by atoms with E-state index in [2.05, 4.69) is 26.8 Å². The predicted molar refractivity (Wildman–Crippen MR) is 135 cm³/mol. The molecule has 1 fully saturated rings. The van der Waals surface area contributed by atoms with Crippen LogP contribution < -0.4 is 15.6 Å². The van der Waals surface area contributed by atoms with Crippen LogP contribution in [0, 0.1) is 5.92 Å². The van der Waals surface area contributed by atoms with Gasteiger partial charge in [0.15, 0.2) is 0 Å². The Labute approximate surface area is 212 Å². The van der Waals surface area contributed by atoms with Gasteiger partial charge >= 0.3 is 0 Å². The lowest BCUT2D eigenvalue weighted by Crippen LogP contribution is -2.45. The normalized spacial score (nSPS) is 15.1. The number of hydrogen-bond donors (Lipinski definition) is 2. The van der Waals surface area contributed by atoms with Crippen molar-refractivity contribution in [2.24, 2.45) is 5.92 Å². The lowest BCUT2D eigenvalue weighted by Gasteiger charge is -2.17. The number of carbonyl (C=O) groups is 3. The van der Waals surface area contributed by atoms with Crippen LogP contribution in [0.3, 0.4) is 0 Å². The van der Waals surface area contributed by atoms with Gasteiger partial charge in [-0.3, -0.25) is 25.2 Å². The Morgan fingerprint density at radius 1 is 0.943 bits per heavy atom. The zero-order chi connectivity index (χ0) is 24.6. The van der Waals surface area contributed by atoms with E-state index in [1.165, 1.54) is 0 Å². The SMILES string of the molecule is O=C(NNC(=O)C1CC(=O)N(Cc2ccccc2)C1)c1cc(Br)ccc1OCCc1ccccc1. The highest BCUT2D eigenvalue weighted by Crippen LogP contribution is 2.24. The number of rotatable bonds is 8. The Morgan fingerprint density at radius 3 is 2.34 bits per heavy atom. The molecule has 1 heterocycles. The fraction of sp³-hybridized carbons (Fsp3) is 0.222. The monoisotopic (exact) mass is 535 g/mol. The Balaban J connectivity index is 1.31. The van der Waals surface area contributed by atoms with Crippen LogP contribution >= 0.6 is 15.9 Å². The van der Waals surface area contributed by atoms with Crippen molar-refractivity contribution in [1.82, 2.24) is 15.8 Å². The molecule has 0 aliphatic carbocycles. The molecule has 3 aromatic rings. The number of likely N-dealkylation sites (tertiary alicyclic amines) is 1. The minimum absolute atomic E-state index is 0.0820.